The van der Waals surface area contributed by atoms with E-state index in [1.54, 1.807) is 48.5 Å². The second-order valence-corrected chi connectivity index (χ2v) is 7.67. The molecule has 0 fully saturated rings. The van der Waals surface area contributed by atoms with Gasteiger partial charge in [0.05, 0.1) is 10.2 Å². The van der Waals surface area contributed by atoms with E-state index in [-0.39, 0.29) is 22.7 Å². The Morgan fingerprint density at radius 1 is 0.966 bits per heavy atom. The molecule has 140 valence electrons. The first-order valence-corrected chi connectivity index (χ1v) is 9.87. The maximum atomic E-state index is 13.0. The van der Waals surface area contributed by atoms with Gasteiger partial charge in [-0.3, -0.25) is 4.79 Å². The molecule has 0 saturated carbocycles. The number of aliphatic hydroxyl groups is 1. The second-order valence-electron chi connectivity index (χ2n) is 6.20. The molecule has 1 heterocycles. The SMILES string of the molecule is N#CC(=C(O)c1ccccc1C(=O)c1ccc(Cl)cc1)c1nc2ccccc2s1. The number of allylic oxidation sites excluding steroid dienone is 1. The number of hydrogen-bond donors (Lipinski definition) is 1. The summed E-state index contributed by atoms with van der Waals surface area (Å²) in [6.07, 6.45) is 0. The fraction of sp³-hybridized carbons (Fsp3) is 0. The standard InChI is InChI=1S/C23H13ClN2O2S/c24-15-11-9-14(10-12-15)21(27)16-5-1-2-6-17(16)22(28)18(13-25)23-26-19-7-3-4-8-20(19)29-23/h1-12,28H. The largest absolute Gasteiger partial charge is 0.506 e. The van der Waals surface area contributed by atoms with Crippen LogP contribution in [0.5, 0.6) is 0 Å². The third-order valence-corrected chi connectivity index (χ3v) is 5.70. The number of ketones is 1. The number of hydrogen-bond acceptors (Lipinski definition) is 5. The molecule has 29 heavy (non-hydrogen) atoms. The first-order chi connectivity index (χ1) is 14.1. The third kappa shape index (κ3) is 3.64. The summed E-state index contributed by atoms with van der Waals surface area (Å²) in [5, 5.41) is 21.6. The predicted octanol–water partition coefficient (Wildman–Crippen LogP) is 6.13. The lowest BCUT2D eigenvalue weighted by Crippen LogP contribution is -2.06. The van der Waals surface area contributed by atoms with Crippen molar-refractivity contribution in [3.05, 3.63) is 99.5 Å². The van der Waals surface area contributed by atoms with Crippen LogP contribution in [0.4, 0.5) is 0 Å². The summed E-state index contributed by atoms with van der Waals surface area (Å²) >= 11 is 7.22. The van der Waals surface area contributed by atoms with Crippen LogP contribution >= 0.6 is 22.9 Å². The Hall–Kier alpha value is -3.46. The van der Waals surface area contributed by atoms with Crippen molar-refractivity contribution in [3.63, 3.8) is 0 Å². The van der Waals surface area contributed by atoms with Crippen LogP contribution in [-0.4, -0.2) is 15.9 Å². The van der Waals surface area contributed by atoms with Crippen molar-refractivity contribution in [2.45, 2.75) is 0 Å². The molecule has 0 aliphatic heterocycles. The van der Waals surface area contributed by atoms with E-state index in [1.807, 2.05) is 30.3 Å². The molecule has 4 rings (SSSR count). The molecule has 1 N–H and O–H groups in total. The highest BCUT2D eigenvalue weighted by Gasteiger charge is 2.20. The number of benzene rings is 3. The number of carbonyl (C=O) groups excluding carboxylic acids is 1. The van der Waals surface area contributed by atoms with Gasteiger partial charge in [-0.2, -0.15) is 5.26 Å². The highest BCUT2D eigenvalue weighted by molar-refractivity contribution is 7.19. The minimum Gasteiger partial charge on any atom is -0.506 e. The molecule has 0 aliphatic rings. The molecular formula is C23H13ClN2O2S. The van der Waals surface area contributed by atoms with Crippen molar-refractivity contribution in [2.75, 3.05) is 0 Å². The monoisotopic (exact) mass is 416 g/mol. The van der Waals surface area contributed by atoms with E-state index in [0.29, 0.717) is 21.2 Å². The zero-order valence-corrected chi connectivity index (χ0v) is 16.5. The van der Waals surface area contributed by atoms with E-state index < -0.39 is 0 Å². The molecular weight excluding hydrogens is 404 g/mol. The zero-order chi connectivity index (χ0) is 20.4. The van der Waals surface area contributed by atoms with Crippen LogP contribution < -0.4 is 0 Å². The van der Waals surface area contributed by atoms with Gasteiger partial charge in [0, 0.05) is 21.7 Å². The lowest BCUT2D eigenvalue weighted by Gasteiger charge is -2.09. The maximum Gasteiger partial charge on any atom is 0.193 e. The Labute approximate surface area is 176 Å². The highest BCUT2D eigenvalue weighted by Crippen LogP contribution is 2.32. The summed E-state index contributed by atoms with van der Waals surface area (Å²) in [4.78, 5) is 17.4. The van der Waals surface area contributed by atoms with Gasteiger partial charge < -0.3 is 5.11 Å². The molecule has 0 atom stereocenters. The average Bonchev–Trinajstić information content (AvgIpc) is 3.18. The third-order valence-electron chi connectivity index (χ3n) is 4.39. The van der Waals surface area contributed by atoms with Crippen LogP contribution in [0.15, 0.2) is 72.8 Å². The topological polar surface area (TPSA) is 74.0 Å². The van der Waals surface area contributed by atoms with Crippen molar-refractivity contribution in [3.8, 4) is 6.07 Å². The fourth-order valence-electron chi connectivity index (χ4n) is 2.96. The van der Waals surface area contributed by atoms with Gasteiger partial charge in [-0.1, -0.05) is 48.0 Å². The van der Waals surface area contributed by atoms with Crippen molar-refractivity contribution < 1.29 is 9.90 Å². The second kappa shape index (κ2) is 7.88. The van der Waals surface area contributed by atoms with E-state index in [9.17, 15) is 15.2 Å². The summed E-state index contributed by atoms with van der Waals surface area (Å²) in [6, 6.07) is 22.7. The van der Waals surface area contributed by atoms with Gasteiger partial charge in [0.15, 0.2) is 5.78 Å². The zero-order valence-electron chi connectivity index (χ0n) is 15.0. The van der Waals surface area contributed by atoms with Crippen molar-refractivity contribution in [1.82, 2.24) is 4.98 Å². The number of nitriles is 1. The smallest absolute Gasteiger partial charge is 0.193 e. The normalized spacial score (nSPS) is 11.7. The van der Waals surface area contributed by atoms with E-state index in [4.69, 9.17) is 11.6 Å². The number of fused-ring (bicyclic) bond motifs is 1. The van der Waals surface area contributed by atoms with Gasteiger partial charge in [0.1, 0.15) is 22.4 Å². The molecule has 4 nitrogen and oxygen atoms in total. The molecule has 0 unspecified atom stereocenters. The molecule has 0 amide bonds. The van der Waals surface area contributed by atoms with Gasteiger partial charge in [-0.05, 0) is 36.4 Å². The summed E-state index contributed by atoms with van der Waals surface area (Å²) in [7, 11) is 0. The Balaban J connectivity index is 1.84. The van der Waals surface area contributed by atoms with Gasteiger partial charge in [0.2, 0.25) is 0 Å². The van der Waals surface area contributed by atoms with E-state index >= 15 is 0 Å². The van der Waals surface area contributed by atoms with Gasteiger partial charge in [0.25, 0.3) is 0 Å². The summed E-state index contributed by atoms with van der Waals surface area (Å²) in [5.74, 6) is -0.546. The number of aliphatic hydroxyl groups excluding tert-OH is 1. The molecule has 0 spiro atoms. The van der Waals surface area contributed by atoms with E-state index in [2.05, 4.69) is 4.98 Å². The van der Waals surface area contributed by atoms with Crippen LogP contribution in [0.25, 0.3) is 21.5 Å². The molecule has 0 radical (unpaired) electrons. The molecule has 4 aromatic rings. The van der Waals surface area contributed by atoms with Crippen molar-refractivity contribution in [1.29, 1.82) is 5.26 Å². The summed E-state index contributed by atoms with van der Waals surface area (Å²) < 4.78 is 0.911. The minimum atomic E-state index is -0.274. The molecule has 0 saturated heterocycles. The summed E-state index contributed by atoms with van der Waals surface area (Å²) in [6.45, 7) is 0. The average molecular weight is 417 g/mol. The number of halogens is 1. The van der Waals surface area contributed by atoms with Crippen LogP contribution in [-0.2, 0) is 0 Å². The first kappa shape index (κ1) is 18.9. The van der Waals surface area contributed by atoms with Gasteiger partial charge in [-0.25, -0.2) is 4.98 Å². The number of nitrogens with zero attached hydrogens (tertiary/aromatic N) is 2. The number of thiazole rings is 1. The lowest BCUT2D eigenvalue weighted by molar-refractivity contribution is 0.103. The van der Waals surface area contributed by atoms with Crippen LogP contribution in [0.3, 0.4) is 0 Å². The van der Waals surface area contributed by atoms with Crippen molar-refractivity contribution in [2.24, 2.45) is 0 Å². The lowest BCUT2D eigenvalue weighted by atomic mass is 9.96. The number of carbonyl (C=O) groups is 1. The highest BCUT2D eigenvalue weighted by atomic mass is 35.5. The van der Waals surface area contributed by atoms with Crippen LogP contribution in [0.2, 0.25) is 5.02 Å². The van der Waals surface area contributed by atoms with Crippen LogP contribution in [0.1, 0.15) is 26.5 Å². The van der Waals surface area contributed by atoms with Crippen molar-refractivity contribution >= 4 is 50.3 Å². The minimum absolute atomic E-state index is 0.0301. The Bertz CT molecular complexity index is 1270. The fourth-order valence-corrected chi connectivity index (χ4v) is 4.05. The van der Waals surface area contributed by atoms with Gasteiger partial charge >= 0.3 is 0 Å². The number of rotatable bonds is 4. The molecule has 0 bridgehead atoms. The quantitative estimate of drug-likeness (QED) is 0.246. The molecule has 0 aliphatic carbocycles. The number of aromatic nitrogens is 1. The summed E-state index contributed by atoms with van der Waals surface area (Å²) in [5.41, 5.74) is 1.79. The maximum absolute atomic E-state index is 13.0. The number of para-hydroxylation sites is 1. The Morgan fingerprint density at radius 3 is 2.31 bits per heavy atom. The van der Waals surface area contributed by atoms with Crippen LogP contribution in [0, 0.1) is 11.3 Å². The first-order valence-electron chi connectivity index (χ1n) is 8.67. The predicted molar refractivity (Wildman–Crippen MR) is 116 cm³/mol. The van der Waals surface area contributed by atoms with E-state index in [0.717, 1.165) is 10.2 Å². The molecule has 3 aromatic carbocycles. The molecule has 6 heteroatoms. The van der Waals surface area contributed by atoms with E-state index in [1.165, 1.54) is 11.3 Å². The molecule has 1 aromatic heterocycles. The Kier molecular flexibility index (Phi) is 5.13. The van der Waals surface area contributed by atoms with Gasteiger partial charge in [-0.15, -0.1) is 11.3 Å². The Morgan fingerprint density at radius 2 is 1.62 bits per heavy atom.